The van der Waals surface area contributed by atoms with Gasteiger partial charge in [0.15, 0.2) is 28.7 Å². The Balaban J connectivity index is 1.54. The average Bonchev–Trinajstić information content (AvgIpc) is 3.38. The van der Waals surface area contributed by atoms with E-state index in [-0.39, 0.29) is 16.4 Å². The van der Waals surface area contributed by atoms with Gasteiger partial charge in [-0.25, -0.2) is 12.7 Å². The molecule has 0 unspecified atom stereocenters. The molecule has 0 amide bonds. The first-order valence-corrected chi connectivity index (χ1v) is 13.7. The van der Waals surface area contributed by atoms with Crippen molar-refractivity contribution >= 4 is 46.2 Å². The van der Waals surface area contributed by atoms with Crippen LogP contribution in [0.3, 0.4) is 0 Å². The number of nitrogens with zero attached hydrogens (tertiary/aromatic N) is 6. The monoisotopic (exact) mass is 527 g/mol. The third-order valence-corrected chi connectivity index (χ3v) is 9.29. The maximum Gasteiger partial charge on any atom is 0.341 e. The van der Waals surface area contributed by atoms with Gasteiger partial charge in [-0.2, -0.15) is 14.6 Å². The number of halogens is 1. The van der Waals surface area contributed by atoms with Crippen LogP contribution >= 0.6 is 19.2 Å². The summed E-state index contributed by atoms with van der Waals surface area (Å²) < 4.78 is 42.8. The molecule has 184 valence electrons. The van der Waals surface area contributed by atoms with Crippen molar-refractivity contribution in [2.75, 3.05) is 30.9 Å². The molecule has 1 aliphatic carbocycles. The molecule has 15 nitrogen and oxygen atoms in total. The molecule has 18 heteroatoms. The first-order valence-electron chi connectivity index (χ1n) is 9.88. The Morgan fingerprint density at radius 1 is 1.27 bits per heavy atom. The molecule has 1 saturated heterocycles. The number of aromatic nitrogens is 5. The van der Waals surface area contributed by atoms with E-state index in [1.165, 1.54) is 0 Å². The molecular formula is C15H23ClN7O8PS. The molecule has 33 heavy (non-hydrogen) atoms. The highest BCUT2D eigenvalue weighted by molar-refractivity contribution is 7.95. The van der Waals surface area contributed by atoms with Crippen LogP contribution in [0.5, 0.6) is 0 Å². The van der Waals surface area contributed by atoms with E-state index in [0.29, 0.717) is 22.6 Å². The molecule has 3 heterocycles. The van der Waals surface area contributed by atoms with Gasteiger partial charge < -0.3 is 30.1 Å². The van der Waals surface area contributed by atoms with Crippen molar-refractivity contribution in [3.8, 4) is 0 Å². The Kier molecular flexibility index (Phi) is 6.67. The molecule has 4 atom stereocenters. The fourth-order valence-corrected chi connectivity index (χ4v) is 6.45. The highest BCUT2D eigenvalue weighted by atomic mass is 35.5. The van der Waals surface area contributed by atoms with Crippen LogP contribution in [0.25, 0.3) is 11.2 Å². The number of fused-ring (bicyclic) bond motifs is 1. The number of anilines is 1. The Morgan fingerprint density at radius 2 is 1.97 bits per heavy atom. The molecule has 0 bridgehead atoms. The maximum atomic E-state index is 12.2. The quantitative estimate of drug-likeness (QED) is 0.190. The number of aliphatic hydroxyl groups excluding tert-OH is 2. The third-order valence-electron chi connectivity index (χ3n) is 5.37. The molecule has 0 spiro atoms. The van der Waals surface area contributed by atoms with Gasteiger partial charge in [-0.05, 0) is 30.4 Å². The van der Waals surface area contributed by atoms with Crippen LogP contribution in [-0.2, 0) is 19.3 Å². The van der Waals surface area contributed by atoms with E-state index < -0.39 is 54.2 Å². The van der Waals surface area contributed by atoms with E-state index >= 15 is 0 Å². The van der Waals surface area contributed by atoms with E-state index in [4.69, 9.17) is 26.1 Å². The van der Waals surface area contributed by atoms with Crippen molar-refractivity contribution in [3.63, 3.8) is 0 Å². The fourth-order valence-electron chi connectivity index (χ4n) is 3.42. The average molecular weight is 528 g/mol. The van der Waals surface area contributed by atoms with Crippen LogP contribution in [0, 0.1) is 5.92 Å². The van der Waals surface area contributed by atoms with Gasteiger partial charge in [0.05, 0.1) is 0 Å². The van der Waals surface area contributed by atoms with E-state index in [0.717, 1.165) is 24.6 Å². The summed E-state index contributed by atoms with van der Waals surface area (Å²) in [4.78, 5) is 26.2. The lowest BCUT2D eigenvalue weighted by Crippen LogP contribution is -2.41. The van der Waals surface area contributed by atoms with E-state index in [9.17, 15) is 23.2 Å². The number of likely N-dealkylation sites (N-methyl/N-ethyl adjacent to an activating group) is 1. The zero-order valence-corrected chi connectivity index (χ0v) is 19.7. The molecule has 4 rings (SSSR count). The number of hydrogen-bond acceptors (Lipinski definition) is 11. The minimum atomic E-state index is -4.85. The van der Waals surface area contributed by atoms with Crippen LogP contribution in [0.1, 0.15) is 19.1 Å². The zero-order valence-electron chi connectivity index (χ0n) is 17.3. The first kappa shape index (κ1) is 24.6. The van der Waals surface area contributed by atoms with Crippen LogP contribution in [0.15, 0.2) is 0 Å². The predicted octanol–water partition coefficient (Wildman–Crippen LogP) is -1.29. The van der Waals surface area contributed by atoms with Crippen molar-refractivity contribution in [2.45, 2.75) is 37.4 Å². The molecule has 0 aromatic carbocycles. The standard InChI is InChI=1S/C15H23ClN7O8PS/c1-22(33(29,30)6-32(26,27)28)5-8-10(24)11(25)14(31-8)23-13-9(20-21-23)12(18-15(16)19-13)17-4-7-2-3-7/h7-8,10-11,14,24-25H,2-6H2,1H3,(H,17,18,19)(H2,26,27,28)/t8-,10-,11-,14-/m1/s1. The van der Waals surface area contributed by atoms with E-state index in [2.05, 4.69) is 25.6 Å². The summed E-state index contributed by atoms with van der Waals surface area (Å²) >= 11 is 6.03. The van der Waals surface area contributed by atoms with Crippen molar-refractivity contribution in [2.24, 2.45) is 5.92 Å². The molecule has 0 radical (unpaired) electrons. The topological polar surface area (TPSA) is 213 Å². The number of rotatable bonds is 9. The van der Waals surface area contributed by atoms with Gasteiger partial charge in [-0.1, -0.05) is 5.21 Å². The van der Waals surface area contributed by atoms with Gasteiger partial charge in [0.25, 0.3) is 0 Å². The molecule has 1 saturated carbocycles. The summed E-state index contributed by atoms with van der Waals surface area (Å²) in [5.74, 6) is 0.898. The van der Waals surface area contributed by atoms with Crippen LogP contribution < -0.4 is 5.32 Å². The summed E-state index contributed by atoms with van der Waals surface area (Å²) in [7, 11) is -8.12. The van der Waals surface area contributed by atoms with Gasteiger partial charge >= 0.3 is 7.60 Å². The molecular weight excluding hydrogens is 505 g/mol. The van der Waals surface area contributed by atoms with Crippen LogP contribution in [0.4, 0.5) is 5.82 Å². The van der Waals surface area contributed by atoms with Crippen molar-refractivity contribution < 1.29 is 37.7 Å². The highest BCUT2D eigenvalue weighted by Crippen LogP contribution is 2.38. The summed E-state index contributed by atoms with van der Waals surface area (Å²) in [5.41, 5.74) is -0.992. The SMILES string of the molecule is CN(C[C@H]1O[C@@H](n2nnc3c(NCC4CC4)nc(Cl)nc32)[C@H](O)[C@@H]1O)S(=O)(=O)CP(=O)(O)O. The largest absolute Gasteiger partial charge is 0.387 e. The molecule has 5 N–H and O–H groups in total. The molecule has 2 fully saturated rings. The van der Waals surface area contributed by atoms with Gasteiger partial charge in [0.2, 0.25) is 15.3 Å². The molecule has 1 aliphatic heterocycles. The van der Waals surface area contributed by atoms with Gasteiger partial charge in [-0.3, -0.25) is 4.57 Å². The second-order valence-electron chi connectivity index (χ2n) is 8.10. The first-order chi connectivity index (χ1) is 15.4. The normalized spacial score (nSPS) is 26.4. The minimum Gasteiger partial charge on any atom is -0.387 e. The maximum absolute atomic E-state index is 12.2. The Labute approximate surface area is 192 Å². The minimum absolute atomic E-state index is 0.0998. The Morgan fingerprint density at radius 3 is 2.61 bits per heavy atom. The second-order valence-corrected chi connectivity index (χ2v) is 12.6. The highest BCUT2D eigenvalue weighted by Gasteiger charge is 2.46. The second kappa shape index (κ2) is 8.94. The van der Waals surface area contributed by atoms with E-state index in [1.54, 1.807) is 0 Å². The molecule has 2 aliphatic rings. The molecule has 2 aromatic heterocycles. The Hall–Kier alpha value is -1.49. The lowest BCUT2D eigenvalue weighted by molar-refractivity contribution is -0.0453. The predicted molar refractivity (Wildman–Crippen MR) is 114 cm³/mol. The lowest BCUT2D eigenvalue weighted by Gasteiger charge is -2.22. The summed E-state index contributed by atoms with van der Waals surface area (Å²) in [6.45, 7) is 0.196. The van der Waals surface area contributed by atoms with Gasteiger partial charge in [0, 0.05) is 20.1 Å². The summed E-state index contributed by atoms with van der Waals surface area (Å²) in [5, 5.41) is 32.0. The van der Waals surface area contributed by atoms with Crippen LogP contribution in [-0.4, -0.2) is 102 Å². The Bertz CT molecular complexity index is 1190. The van der Waals surface area contributed by atoms with Crippen LogP contribution in [0.2, 0.25) is 5.28 Å². The van der Waals surface area contributed by atoms with Crippen molar-refractivity contribution in [1.82, 2.24) is 29.3 Å². The smallest absolute Gasteiger partial charge is 0.341 e. The van der Waals surface area contributed by atoms with Gasteiger partial charge in [-0.15, -0.1) is 5.10 Å². The van der Waals surface area contributed by atoms with Gasteiger partial charge in [0.1, 0.15) is 18.3 Å². The number of hydrogen-bond donors (Lipinski definition) is 5. The number of nitrogens with one attached hydrogen (secondary N) is 1. The summed E-state index contributed by atoms with van der Waals surface area (Å²) in [6, 6.07) is 0. The lowest BCUT2D eigenvalue weighted by atomic mass is 10.1. The third kappa shape index (κ3) is 5.44. The summed E-state index contributed by atoms with van der Waals surface area (Å²) in [6.07, 6.45) is -3.36. The van der Waals surface area contributed by atoms with Crippen molar-refractivity contribution in [1.29, 1.82) is 0 Å². The number of sulfonamides is 1. The zero-order chi connectivity index (χ0) is 24.1. The fraction of sp³-hybridized carbons (Fsp3) is 0.733. The number of aliphatic hydroxyl groups is 2. The molecule has 2 aromatic rings. The van der Waals surface area contributed by atoms with Crippen molar-refractivity contribution in [3.05, 3.63) is 5.28 Å². The van der Waals surface area contributed by atoms with E-state index in [1.807, 2.05) is 0 Å². The number of ether oxygens (including phenoxy) is 1.